The monoisotopic (exact) mass is 403 g/mol. The highest BCUT2D eigenvalue weighted by Gasteiger charge is 2.51. The zero-order chi connectivity index (χ0) is 20.9. The Morgan fingerprint density at radius 1 is 1.29 bits per heavy atom. The first-order valence-corrected chi connectivity index (χ1v) is 11.4. The van der Waals surface area contributed by atoms with Gasteiger partial charge in [-0.1, -0.05) is 50.5 Å². The van der Waals surface area contributed by atoms with E-state index in [4.69, 9.17) is 18.0 Å². The summed E-state index contributed by atoms with van der Waals surface area (Å²) in [6, 6.07) is 0. The van der Waals surface area contributed by atoms with E-state index in [-0.39, 0.29) is 5.11 Å². The molecule has 158 valence electrons. The Kier molecular flexibility index (Phi) is 7.89. The second kappa shape index (κ2) is 9.56. The van der Waals surface area contributed by atoms with Gasteiger partial charge in [0.2, 0.25) is 0 Å². The lowest BCUT2D eigenvalue weighted by atomic mass is 9.48. The van der Waals surface area contributed by atoms with Gasteiger partial charge in [0, 0.05) is 5.71 Å². The summed E-state index contributed by atoms with van der Waals surface area (Å²) in [5.74, 6) is 1.55. The summed E-state index contributed by atoms with van der Waals surface area (Å²) >= 11 is 4.78. The van der Waals surface area contributed by atoms with E-state index in [1.165, 1.54) is 44.1 Å². The van der Waals surface area contributed by atoms with Crippen molar-refractivity contribution >= 4 is 23.0 Å². The van der Waals surface area contributed by atoms with Crippen molar-refractivity contribution in [3.63, 3.8) is 0 Å². The summed E-state index contributed by atoms with van der Waals surface area (Å²) in [4.78, 5) is 0. The topological polar surface area (TPSA) is 50.4 Å². The van der Waals surface area contributed by atoms with E-state index in [0.29, 0.717) is 10.8 Å². The Balaban J connectivity index is 1.95. The molecule has 0 aliphatic heterocycles. The maximum Gasteiger partial charge on any atom is 0.184 e. The lowest BCUT2D eigenvalue weighted by Crippen LogP contribution is -2.48. The van der Waals surface area contributed by atoms with Crippen LogP contribution in [0.3, 0.4) is 0 Å². The van der Waals surface area contributed by atoms with Crippen molar-refractivity contribution in [2.45, 2.75) is 92.9 Å². The number of rotatable bonds is 7. The van der Waals surface area contributed by atoms with Gasteiger partial charge in [0.1, 0.15) is 0 Å². The van der Waals surface area contributed by atoms with Gasteiger partial charge in [-0.15, -0.1) is 0 Å². The fourth-order valence-electron chi connectivity index (χ4n) is 5.90. The van der Waals surface area contributed by atoms with Crippen LogP contribution in [0.2, 0.25) is 0 Å². The molecule has 0 amide bonds. The second-order valence-electron chi connectivity index (χ2n) is 10.1. The van der Waals surface area contributed by atoms with Gasteiger partial charge >= 0.3 is 0 Å². The molecule has 3 atom stereocenters. The smallest absolute Gasteiger partial charge is 0.184 e. The Labute approximate surface area is 178 Å². The highest BCUT2D eigenvalue weighted by atomic mass is 32.1. The molecule has 2 aliphatic carbocycles. The molecular formula is C24H41N3S. The van der Waals surface area contributed by atoms with Crippen LogP contribution in [0.4, 0.5) is 0 Å². The third kappa shape index (κ3) is 5.68. The predicted octanol–water partition coefficient (Wildman–Crippen LogP) is 6.50. The molecule has 0 aromatic carbocycles. The number of thiocarbonyl (C=S) groups is 1. The van der Waals surface area contributed by atoms with Crippen molar-refractivity contribution in [2.75, 3.05) is 0 Å². The van der Waals surface area contributed by atoms with Crippen molar-refractivity contribution in [3.8, 4) is 0 Å². The third-order valence-corrected chi connectivity index (χ3v) is 7.57. The van der Waals surface area contributed by atoms with E-state index < -0.39 is 0 Å². The molecule has 2 rings (SSSR count). The molecule has 4 heteroatoms. The van der Waals surface area contributed by atoms with Crippen LogP contribution in [0, 0.1) is 22.7 Å². The zero-order valence-corrected chi connectivity index (χ0v) is 19.7. The Hall–Kier alpha value is -1.16. The number of nitrogens with one attached hydrogen (secondary N) is 1. The van der Waals surface area contributed by atoms with Crippen molar-refractivity contribution in [1.82, 2.24) is 5.43 Å². The summed E-state index contributed by atoms with van der Waals surface area (Å²) in [6.07, 6.45) is 14.8. The number of fused-ring (bicyclic) bond motifs is 1. The second-order valence-corrected chi connectivity index (χ2v) is 10.5. The summed E-state index contributed by atoms with van der Waals surface area (Å²) in [5, 5.41) is 4.40. The van der Waals surface area contributed by atoms with E-state index in [1.807, 2.05) is 6.92 Å². The van der Waals surface area contributed by atoms with Crippen molar-refractivity contribution in [3.05, 3.63) is 23.3 Å². The fraction of sp³-hybridized carbons (Fsp3) is 0.750. The summed E-state index contributed by atoms with van der Waals surface area (Å²) in [6.45, 7) is 14.3. The average Bonchev–Trinajstić information content (AvgIpc) is 2.58. The van der Waals surface area contributed by atoms with Gasteiger partial charge in [-0.25, -0.2) is 0 Å². The predicted molar refractivity (Wildman–Crippen MR) is 126 cm³/mol. The molecule has 1 saturated carbocycles. The highest BCUT2D eigenvalue weighted by molar-refractivity contribution is 7.80. The molecule has 1 fully saturated rings. The molecule has 3 nitrogen and oxygen atoms in total. The van der Waals surface area contributed by atoms with E-state index in [1.54, 1.807) is 5.57 Å². The van der Waals surface area contributed by atoms with Gasteiger partial charge in [0.15, 0.2) is 5.11 Å². The summed E-state index contributed by atoms with van der Waals surface area (Å²) in [5.41, 5.74) is 13.2. The molecule has 0 heterocycles. The van der Waals surface area contributed by atoms with Gasteiger partial charge in [-0.05, 0) is 101 Å². The van der Waals surface area contributed by atoms with Crippen LogP contribution in [-0.2, 0) is 0 Å². The lowest BCUT2D eigenvalue weighted by Gasteiger charge is -2.57. The van der Waals surface area contributed by atoms with Crippen molar-refractivity contribution in [2.24, 2.45) is 33.5 Å². The average molecular weight is 404 g/mol. The third-order valence-electron chi connectivity index (χ3n) is 7.48. The molecule has 28 heavy (non-hydrogen) atoms. The zero-order valence-electron chi connectivity index (χ0n) is 18.9. The van der Waals surface area contributed by atoms with Gasteiger partial charge in [-0.3, -0.25) is 5.43 Å². The van der Waals surface area contributed by atoms with Crippen molar-refractivity contribution in [1.29, 1.82) is 0 Å². The van der Waals surface area contributed by atoms with Crippen LogP contribution >= 0.6 is 12.2 Å². The molecule has 2 aliphatic rings. The molecule has 0 saturated heterocycles. The first-order valence-electron chi connectivity index (χ1n) is 11.0. The van der Waals surface area contributed by atoms with Crippen molar-refractivity contribution < 1.29 is 0 Å². The van der Waals surface area contributed by atoms with Crippen LogP contribution in [0.25, 0.3) is 0 Å². The number of hydrogen-bond acceptors (Lipinski definition) is 2. The standard InChI is InChI=1S/C24H41N3S/c1-17(9-7-10-19(3)26-27-22(25)28)11-13-20-18(2)12-14-21-23(4,5)15-8-16-24(20,21)6/h9,12,20-21H,7-8,10-11,13-16H2,1-6H3,(H3,25,27,28)/b17-9-,26-19+/t20?,21?,24-/m1/s1. The number of nitrogens with zero attached hydrogens (tertiary/aromatic N) is 1. The van der Waals surface area contributed by atoms with Crippen LogP contribution in [-0.4, -0.2) is 10.8 Å². The number of nitrogens with two attached hydrogens (primary N) is 1. The summed E-state index contributed by atoms with van der Waals surface area (Å²) in [7, 11) is 0. The largest absolute Gasteiger partial charge is 0.375 e. The number of allylic oxidation sites excluding steroid dienone is 4. The molecule has 0 bridgehead atoms. The van der Waals surface area contributed by atoms with E-state index in [2.05, 4.69) is 57.3 Å². The molecular weight excluding hydrogens is 362 g/mol. The molecule has 3 N–H and O–H groups in total. The first-order chi connectivity index (χ1) is 13.1. The maximum atomic E-state index is 5.41. The van der Waals surface area contributed by atoms with Crippen LogP contribution < -0.4 is 11.2 Å². The minimum absolute atomic E-state index is 0.222. The Morgan fingerprint density at radius 3 is 2.68 bits per heavy atom. The lowest BCUT2D eigenvalue weighted by molar-refractivity contribution is -0.0390. The SMILES string of the molecule is CC1=CCC2C(C)(C)CCC[C@]2(C)C1CC/C(C)=C\CC/C(C)=N/NC(N)=S. The Morgan fingerprint density at radius 2 is 2.00 bits per heavy atom. The highest BCUT2D eigenvalue weighted by Crippen LogP contribution is 2.60. The number of hydrazone groups is 1. The van der Waals surface area contributed by atoms with Crippen LogP contribution in [0.5, 0.6) is 0 Å². The van der Waals surface area contributed by atoms with Gasteiger partial charge in [-0.2, -0.15) is 5.10 Å². The minimum atomic E-state index is 0.222. The quantitative estimate of drug-likeness (QED) is 0.221. The first kappa shape index (κ1) is 23.1. The minimum Gasteiger partial charge on any atom is -0.375 e. The molecule has 0 aromatic rings. The van der Waals surface area contributed by atoms with E-state index in [9.17, 15) is 0 Å². The normalized spacial score (nSPS) is 30.4. The van der Waals surface area contributed by atoms with Crippen LogP contribution in [0.15, 0.2) is 28.4 Å². The molecule has 0 spiro atoms. The fourth-order valence-corrected chi connectivity index (χ4v) is 5.95. The maximum absolute atomic E-state index is 5.41. The number of hydrogen-bond donors (Lipinski definition) is 2. The van der Waals surface area contributed by atoms with Gasteiger partial charge in [0.05, 0.1) is 0 Å². The van der Waals surface area contributed by atoms with Crippen LogP contribution in [0.1, 0.15) is 92.9 Å². The van der Waals surface area contributed by atoms with E-state index >= 15 is 0 Å². The molecule has 0 aromatic heterocycles. The van der Waals surface area contributed by atoms with Gasteiger partial charge in [0.25, 0.3) is 0 Å². The molecule has 0 radical (unpaired) electrons. The van der Waals surface area contributed by atoms with E-state index in [0.717, 1.165) is 30.4 Å². The van der Waals surface area contributed by atoms with Gasteiger partial charge < -0.3 is 5.73 Å². The molecule has 2 unspecified atom stereocenters. The Bertz CT molecular complexity index is 659. The summed E-state index contributed by atoms with van der Waals surface area (Å²) < 4.78 is 0.